The molecule has 0 saturated carbocycles. The predicted molar refractivity (Wildman–Crippen MR) is 54.1 cm³/mol. The van der Waals surface area contributed by atoms with Gasteiger partial charge in [-0.1, -0.05) is 0 Å². The molecule has 0 unspecified atom stereocenters. The van der Waals surface area contributed by atoms with Crippen LogP contribution in [0.3, 0.4) is 0 Å². The number of rotatable bonds is 2. The zero-order valence-electron chi connectivity index (χ0n) is 7.70. The summed E-state index contributed by atoms with van der Waals surface area (Å²) in [6, 6.07) is 6.36. The molecule has 0 saturated heterocycles. The normalized spacial score (nSPS) is 9.87. The molecule has 2 rings (SSSR count). The van der Waals surface area contributed by atoms with Crippen molar-refractivity contribution in [3.63, 3.8) is 0 Å². The zero-order chi connectivity index (χ0) is 10.7. The van der Waals surface area contributed by atoms with Crippen LogP contribution < -0.4 is 0 Å². The van der Waals surface area contributed by atoms with Crippen LogP contribution in [0.4, 0.5) is 5.69 Å². The van der Waals surface area contributed by atoms with Gasteiger partial charge >= 0.3 is 0 Å². The Kier molecular flexibility index (Phi) is 2.37. The van der Waals surface area contributed by atoms with Crippen LogP contribution in [0.25, 0.3) is 11.3 Å². The molecule has 0 amide bonds. The van der Waals surface area contributed by atoms with Crippen LogP contribution in [0.1, 0.15) is 0 Å². The van der Waals surface area contributed by atoms with Crippen molar-refractivity contribution in [2.24, 2.45) is 0 Å². The van der Waals surface area contributed by atoms with Gasteiger partial charge in [-0.15, -0.1) is 0 Å². The van der Waals surface area contributed by atoms with E-state index in [9.17, 15) is 10.1 Å². The molecule has 0 fully saturated rings. The molecule has 0 atom stereocenters. The van der Waals surface area contributed by atoms with Crippen molar-refractivity contribution < 1.29 is 4.92 Å². The predicted octanol–water partition coefficient (Wildman–Crippen LogP) is 2.05. The summed E-state index contributed by atoms with van der Waals surface area (Å²) in [5, 5.41) is 10.7. The van der Waals surface area contributed by atoms with E-state index in [0.717, 1.165) is 0 Å². The third-order valence-corrected chi connectivity index (χ3v) is 1.94. The summed E-state index contributed by atoms with van der Waals surface area (Å²) in [4.78, 5) is 18.2. The van der Waals surface area contributed by atoms with Crippen molar-refractivity contribution >= 4 is 5.69 Å². The van der Waals surface area contributed by atoms with Crippen LogP contribution >= 0.6 is 0 Å². The monoisotopic (exact) mass is 201 g/mol. The van der Waals surface area contributed by atoms with E-state index in [4.69, 9.17) is 0 Å². The van der Waals surface area contributed by atoms with Gasteiger partial charge in [0.1, 0.15) is 5.69 Å². The van der Waals surface area contributed by atoms with Crippen molar-refractivity contribution in [3.05, 3.63) is 53.0 Å². The fourth-order valence-electron chi connectivity index (χ4n) is 1.28. The Labute approximate surface area is 85.6 Å². The highest BCUT2D eigenvalue weighted by Gasteiger charge is 2.14. The van der Waals surface area contributed by atoms with Gasteiger partial charge in [-0.05, 0) is 18.2 Å². The van der Waals surface area contributed by atoms with E-state index in [1.807, 2.05) is 0 Å². The second-order valence-corrected chi connectivity index (χ2v) is 2.86. The number of hydrogen-bond acceptors (Lipinski definition) is 4. The maximum atomic E-state index is 10.7. The highest BCUT2D eigenvalue weighted by molar-refractivity contribution is 5.68. The molecule has 0 aliphatic carbocycles. The van der Waals surface area contributed by atoms with Crippen LogP contribution in [0.2, 0.25) is 0 Å². The summed E-state index contributed by atoms with van der Waals surface area (Å²) < 4.78 is 0. The van der Waals surface area contributed by atoms with Crippen molar-refractivity contribution in [3.8, 4) is 11.3 Å². The second-order valence-electron chi connectivity index (χ2n) is 2.86. The number of nitrogens with zero attached hydrogens (tertiary/aromatic N) is 3. The van der Waals surface area contributed by atoms with Crippen LogP contribution in [0.15, 0.2) is 42.9 Å². The molecule has 2 aromatic rings. The highest BCUT2D eigenvalue weighted by Crippen LogP contribution is 2.25. The lowest BCUT2D eigenvalue weighted by Crippen LogP contribution is -1.93. The second kappa shape index (κ2) is 3.83. The Morgan fingerprint density at radius 2 is 1.87 bits per heavy atom. The standard InChI is InChI=1S/C10H7N3O2/c14-13(15)9-2-1-5-12-10(9)8-3-6-11-7-4-8/h1-7H. The number of hydrogen-bond donors (Lipinski definition) is 0. The minimum absolute atomic E-state index is 0.00343. The van der Waals surface area contributed by atoms with Crippen molar-refractivity contribution in [2.45, 2.75) is 0 Å². The summed E-state index contributed by atoms with van der Waals surface area (Å²) in [7, 11) is 0. The van der Waals surface area contributed by atoms with E-state index in [2.05, 4.69) is 9.97 Å². The molecule has 15 heavy (non-hydrogen) atoms. The zero-order valence-corrected chi connectivity index (χ0v) is 7.70. The fourth-order valence-corrected chi connectivity index (χ4v) is 1.28. The molecule has 0 aliphatic rings. The van der Waals surface area contributed by atoms with Gasteiger partial charge in [0.25, 0.3) is 5.69 Å². The molecule has 2 heterocycles. The van der Waals surface area contributed by atoms with Gasteiger partial charge in [-0.25, -0.2) is 4.98 Å². The Bertz CT molecular complexity index is 485. The Morgan fingerprint density at radius 3 is 2.53 bits per heavy atom. The van der Waals surface area contributed by atoms with E-state index in [1.165, 1.54) is 12.3 Å². The number of aromatic nitrogens is 2. The quantitative estimate of drug-likeness (QED) is 0.550. The third-order valence-electron chi connectivity index (χ3n) is 1.94. The van der Waals surface area contributed by atoms with Crippen LogP contribution in [0, 0.1) is 10.1 Å². The maximum absolute atomic E-state index is 10.7. The minimum Gasteiger partial charge on any atom is -0.265 e. The molecule has 0 aromatic carbocycles. The first-order valence-corrected chi connectivity index (χ1v) is 4.29. The number of nitro groups is 1. The van der Waals surface area contributed by atoms with Crippen molar-refractivity contribution in [2.75, 3.05) is 0 Å². The molecular weight excluding hydrogens is 194 g/mol. The third kappa shape index (κ3) is 1.80. The van der Waals surface area contributed by atoms with Gasteiger partial charge in [0.2, 0.25) is 0 Å². The van der Waals surface area contributed by atoms with Gasteiger partial charge in [0.05, 0.1) is 4.92 Å². The molecule has 0 N–H and O–H groups in total. The summed E-state index contributed by atoms with van der Waals surface area (Å²) >= 11 is 0. The SMILES string of the molecule is O=[N+]([O-])c1cccnc1-c1ccncc1. The lowest BCUT2D eigenvalue weighted by Gasteiger charge is -2.00. The first-order valence-electron chi connectivity index (χ1n) is 4.29. The average Bonchev–Trinajstić information content (AvgIpc) is 2.30. The molecule has 0 aliphatic heterocycles. The molecule has 5 nitrogen and oxygen atoms in total. The van der Waals surface area contributed by atoms with Crippen LogP contribution in [0.5, 0.6) is 0 Å². The van der Waals surface area contributed by atoms with E-state index in [-0.39, 0.29) is 5.69 Å². The largest absolute Gasteiger partial charge is 0.295 e. The lowest BCUT2D eigenvalue weighted by atomic mass is 10.1. The van der Waals surface area contributed by atoms with E-state index in [1.54, 1.807) is 30.6 Å². The molecule has 2 aromatic heterocycles. The molecular formula is C10H7N3O2. The molecule has 0 bridgehead atoms. The Morgan fingerprint density at radius 1 is 1.13 bits per heavy atom. The van der Waals surface area contributed by atoms with E-state index >= 15 is 0 Å². The highest BCUT2D eigenvalue weighted by atomic mass is 16.6. The fraction of sp³-hybridized carbons (Fsp3) is 0. The topological polar surface area (TPSA) is 68.9 Å². The molecule has 74 valence electrons. The Balaban J connectivity index is 2.58. The summed E-state index contributed by atoms with van der Waals surface area (Å²) in [6.45, 7) is 0. The molecule has 0 spiro atoms. The van der Waals surface area contributed by atoms with Gasteiger partial charge in [-0.3, -0.25) is 15.1 Å². The molecule has 5 heteroatoms. The smallest absolute Gasteiger partial charge is 0.265 e. The van der Waals surface area contributed by atoms with Gasteiger partial charge in [0.15, 0.2) is 0 Å². The van der Waals surface area contributed by atoms with E-state index in [0.29, 0.717) is 11.3 Å². The van der Waals surface area contributed by atoms with Gasteiger partial charge < -0.3 is 0 Å². The maximum Gasteiger partial charge on any atom is 0.295 e. The van der Waals surface area contributed by atoms with E-state index < -0.39 is 4.92 Å². The minimum atomic E-state index is -0.442. The van der Waals surface area contributed by atoms with Gasteiger partial charge in [-0.2, -0.15) is 0 Å². The Hall–Kier alpha value is -2.30. The summed E-state index contributed by atoms with van der Waals surface area (Å²) in [5.74, 6) is 0. The summed E-state index contributed by atoms with van der Waals surface area (Å²) in [5.41, 5.74) is 1.06. The lowest BCUT2D eigenvalue weighted by molar-refractivity contribution is -0.384. The molecule has 0 radical (unpaired) electrons. The van der Waals surface area contributed by atoms with Gasteiger partial charge in [0, 0.05) is 30.2 Å². The first-order chi connectivity index (χ1) is 7.29. The summed E-state index contributed by atoms with van der Waals surface area (Å²) in [6.07, 6.45) is 4.68. The first kappa shape index (κ1) is 9.26. The number of pyridine rings is 2. The average molecular weight is 201 g/mol. The van der Waals surface area contributed by atoms with Crippen LogP contribution in [-0.4, -0.2) is 14.9 Å². The van der Waals surface area contributed by atoms with Crippen LogP contribution in [-0.2, 0) is 0 Å². The van der Waals surface area contributed by atoms with Crippen molar-refractivity contribution in [1.82, 2.24) is 9.97 Å². The van der Waals surface area contributed by atoms with Crippen molar-refractivity contribution in [1.29, 1.82) is 0 Å².